The van der Waals surface area contributed by atoms with E-state index in [1.54, 1.807) is 6.07 Å². The molecule has 0 bridgehead atoms. The molecule has 2 aromatic rings. The number of benzene rings is 1. The zero-order valence-electron chi connectivity index (χ0n) is 8.52. The highest BCUT2D eigenvalue weighted by molar-refractivity contribution is 6.30. The molecule has 0 atom stereocenters. The highest BCUT2D eigenvalue weighted by atomic mass is 35.5. The highest BCUT2D eigenvalue weighted by Gasteiger charge is 2.03. The van der Waals surface area contributed by atoms with Gasteiger partial charge in [-0.2, -0.15) is 5.26 Å². The molecule has 0 amide bonds. The van der Waals surface area contributed by atoms with Crippen molar-refractivity contribution in [2.24, 2.45) is 0 Å². The van der Waals surface area contributed by atoms with Gasteiger partial charge in [-0.25, -0.2) is 4.39 Å². The fraction of sp³-hybridized carbons (Fsp3) is 0. The first kappa shape index (κ1) is 11.4. The number of nitrogens with zero attached hydrogens (tertiary/aromatic N) is 2. The first-order valence-electron chi connectivity index (χ1n) is 4.66. The number of nitriles is 1. The van der Waals surface area contributed by atoms with E-state index in [0.717, 1.165) is 6.07 Å². The summed E-state index contributed by atoms with van der Waals surface area (Å²) in [6, 6.07) is 7.14. The smallest absolute Gasteiger partial charge is 0.147 e. The van der Waals surface area contributed by atoms with Crippen molar-refractivity contribution in [3.05, 3.63) is 53.1 Å². The second kappa shape index (κ2) is 4.81. The summed E-state index contributed by atoms with van der Waals surface area (Å²) in [6.45, 7) is 0. The van der Waals surface area contributed by atoms with Gasteiger partial charge in [-0.15, -0.1) is 0 Å². The highest BCUT2D eigenvalue weighted by Crippen LogP contribution is 2.24. The van der Waals surface area contributed by atoms with E-state index in [4.69, 9.17) is 21.6 Å². The van der Waals surface area contributed by atoms with E-state index in [-0.39, 0.29) is 11.3 Å². The Bertz CT molecular complexity index is 595. The van der Waals surface area contributed by atoms with Crippen LogP contribution in [0.4, 0.5) is 4.39 Å². The van der Waals surface area contributed by atoms with E-state index in [1.165, 1.54) is 24.5 Å². The Balaban J connectivity index is 2.30. The third-order valence-electron chi connectivity index (χ3n) is 1.92. The standard InChI is InChI=1S/C12H6ClFN2O/c13-9-3-12(7-16-6-9)17-11-2-8(5-15)1-10(14)4-11/h1-4,6-7H. The lowest BCUT2D eigenvalue weighted by atomic mass is 10.2. The second-order valence-corrected chi connectivity index (χ2v) is 3.66. The third-order valence-corrected chi connectivity index (χ3v) is 2.12. The quantitative estimate of drug-likeness (QED) is 0.817. The topological polar surface area (TPSA) is 45.9 Å². The van der Waals surface area contributed by atoms with E-state index in [2.05, 4.69) is 4.98 Å². The van der Waals surface area contributed by atoms with Crippen molar-refractivity contribution < 1.29 is 9.13 Å². The van der Waals surface area contributed by atoms with Crippen LogP contribution in [0.15, 0.2) is 36.7 Å². The largest absolute Gasteiger partial charge is 0.456 e. The second-order valence-electron chi connectivity index (χ2n) is 3.23. The molecule has 0 saturated carbocycles. The van der Waals surface area contributed by atoms with Crippen molar-refractivity contribution in [3.8, 4) is 17.6 Å². The van der Waals surface area contributed by atoms with Crippen LogP contribution < -0.4 is 4.74 Å². The summed E-state index contributed by atoms with van der Waals surface area (Å²) in [4.78, 5) is 3.83. The summed E-state index contributed by atoms with van der Waals surface area (Å²) < 4.78 is 18.5. The fourth-order valence-electron chi connectivity index (χ4n) is 1.27. The van der Waals surface area contributed by atoms with Crippen LogP contribution in [0.2, 0.25) is 5.02 Å². The number of hydrogen-bond donors (Lipinski definition) is 0. The number of rotatable bonds is 2. The zero-order chi connectivity index (χ0) is 12.3. The van der Waals surface area contributed by atoms with Crippen LogP contribution in [0.5, 0.6) is 11.5 Å². The first-order chi connectivity index (χ1) is 8.17. The summed E-state index contributed by atoms with van der Waals surface area (Å²) in [5.41, 5.74) is 0.190. The number of aromatic nitrogens is 1. The van der Waals surface area contributed by atoms with Crippen LogP contribution in [-0.2, 0) is 0 Å². The molecular formula is C12H6ClFN2O. The van der Waals surface area contributed by atoms with Gasteiger partial charge in [0, 0.05) is 18.3 Å². The number of ether oxygens (including phenoxy) is 1. The van der Waals surface area contributed by atoms with Gasteiger partial charge in [0.05, 0.1) is 22.9 Å². The fourth-order valence-corrected chi connectivity index (χ4v) is 1.43. The predicted octanol–water partition coefficient (Wildman–Crippen LogP) is 3.54. The summed E-state index contributed by atoms with van der Waals surface area (Å²) in [7, 11) is 0. The van der Waals surface area contributed by atoms with Gasteiger partial charge in [0.1, 0.15) is 17.3 Å². The minimum Gasteiger partial charge on any atom is -0.456 e. The summed E-state index contributed by atoms with van der Waals surface area (Å²) in [5.74, 6) is 0.0756. The summed E-state index contributed by atoms with van der Waals surface area (Å²) in [5, 5.41) is 9.11. The minimum atomic E-state index is -0.533. The van der Waals surface area contributed by atoms with Gasteiger partial charge in [0.25, 0.3) is 0 Å². The molecule has 1 heterocycles. The van der Waals surface area contributed by atoms with Crippen LogP contribution in [0.25, 0.3) is 0 Å². The molecule has 0 aliphatic carbocycles. The van der Waals surface area contributed by atoms with Crippen LogP contribution in [-0.4, -0.2) is 4.98 Å². The van der Waals surface area contributed by atoms with Crippen molar-refractivity contribution in [1.82, 2.24) is 4.98 Å². The predicted molar refractivity (Wildman–Crippen MR) is 60.4 cm³/mol. The maximum absolute atomic E-state index is 13.1. The Morgan fingerprint density at radius 2 is 2.00 bits per heavy atom. The lowest BCUT2D eigenvalue weighted by Crippen LogP contribution is -1.88. The Kier molecular flexibility index (Phi) is 3.22. The lowest BCUT2D eigenvalue weighted by Gasteiger charge is -2.05. The summed E-state index contributed by atoms with van der Waals surface area (Å²) in [6.07, 6.45) is 2.91. The SMILES string of the molecule is N#Cc1cc(F)cc(Oc2cncc(Cl)c2)c1. The lowest BCUT2D eigenvalue weighted by molar-refractivity contribution is 0.474. The van der Waals surface area contributed by atoms with Gasteiger partial charge >= 0.3 is 0 Å². The maximum atomic E-state index is 13.1. The van der Waals surface area contributed by atoms with E-state index in [1.807, 2.05) is 6.07 Å². The average Bonchev–Trinajstić information content (AvgIpc) is 2.28. The molecule has 0 N–H and O–H groups in total. The van der Waals surface area contributed by atoms with Crippen LogP contribution in [0, 0.1) is 17.1 Å². The van der Waals surface area contributed by atoms with Gasteiger partial charge < -0.3 is 4.74 Å². The van der Waals surface area contributed by atoms with E-state index >= 15 is 0 Å². The molecule has 0 radical (unpaired) electrons. The molecule has 2 rings (SSSR count). The van der Waals surface area contributed by atoms with E-state index < -0.39 is 5.82 Å². The molecule has 84 valence electrons. The third kappa shape index (κ3) is 2.92. The van der Waals surface area contributed by atoms with Crippen molar-refractivity contribution in [2.75, 3.05) is 0 Å². The van der Waals surface area contributed by atoms with E-state index in [9.17, 15) is 4.39 Å². The monoisotopic (exact) mass is 248 g/mol. The van der Waals surface area contributed by atoms with E-state index in [0.29, 0.717) is 10.8 Å². The molecule has 0 aliphatic heterocycles. The molecule has 0 fully saturated rings. The molecule has 1 aromatic carbocycles. The maximum Gasteiger partial charge on any atom is 0.147 e. The number of hydrogen-bond acceptors (Lipinski definition) is 3. The number of pyridine rings is 1. The van der Waals surface area contributed by atoms with Crippen molar-refractivity contribution in [3.63, 3.8) is 0 Å². The Hall–Kier alpha value is -2.12. The van der Waals surface area contributed by atoms with Gasteiger partial charge in [0.2, 0.25) is 0 Å². The molecule has 0 spiro atoms. The van der Waals surface area contributed by atoms with Gasteiger partial charge in [0.15, 0.2) is 0 Å². The van der Waals surface area contributed by atoms with Gasteiger partial charge in [-0.1, -0.05) is 11.6 Å². The molecule has 5 heteroatoms. The molecule has 17 heavy (non-hydrogen) atoms. The Labute approximate surface area is 102 Å². The first-order valence-corrected chi connectivity index (χ1v) is 5.04. The number of halogens is 2. The molecular weight excluding hydrogens is 243 g/mol. The summed E-state index contributed by atoms with van der Waals surface area (Å²) >= 11 is 5.73. The molecule has 0 saturated heterocycles. The van der Waals surface area contributed by atoms with Crippen molar-refractivity contribution in [1.29, 1.82) is 5.26 Å². The normalized spacial score (nSPS) is 9.71. The van der Waals surface area contributed by atoms with Crippen molar-refractivity contribution in [2.45, 2.75) is 0 Å². The average molecular weight is 249 g/mol. The minimum absolute atomic E-state index is 0.190. The van der Waals surface area contributed by atoms with Crippen LogP contribution in [0.1, 0.15) is 5.56 Å². The molecule has 0 unspecified atom stereocenters. The van der Waals surface area contributed by atoms with Gasteiger partial charge in [-0.05, 0) is 12.1 Å². The molecule has 3 nitrogen and oxygen atoms in total. The van der Waals surface area contributed by atoms with Crippen LogP contribution in [0.3, 0.4) is 0 Å². The Morgan fingerprint density at radius 1 is 1.18 bits per heavy atom. The molecule has 0 aliphatic rings. The molecule has 1 aromatic heterocycles. The van der Waals surface area contributed by atoms with Crippen LogP contribution >= 0.6 is 11.6 Å². The van der Waals surface area contributed by atoms with Gasteiger partial charge in [-0.3, -0.25) is 4.98 Å². The zero-order valence-corrected chi connectivity index (χ0v) is 9.28. The Morgan fingerprint density at radius 3 is 2.71 bits per heavy atom. The van der Waals surface area contributed by atoms with Crippen molar-refractivity contribution >= 4 is 11.6 Å².